The number of anilines is 2. The molecule has 0 bridgehead atoms. The van der Waals surface area contributed by atoms with E-state index in [1.54, 1.807) is 0 Å². The molecule has 2 aromatic rings. The summed E-state index contributed by atoms with van der Waals surface area (Å²) in [7, 11) is 0. The summed E-state index contributed by atoms with van der Waals surface area (Å²) in [5.74, 6) is -1.12. The Labute approximate surface area is 169 Å². The largest absolute Gasteiger partial charge is 0.418 e. The molecule has 0 saturated carbocycles. The van der Waals surface area contributed by atoms with Crippen molar-refractivity contribution in [3.63, 3.8) is 0 Å². The normalized spacial score (nSPS) is 11.0. The lowest BCUT2D eigenvalue weighted by atomic mass is 10.1. The van der Waals surface area contributed by atoms with E-state index in [2.05, 4.69) is 37.2 Å². The summed E-state index contributed by atoms with van der Waals surface area (Å²) >= 11 is 5.71. The standard InChI is InChI=1S/C14H4Br2F4N4O4/c15-8-1-5(4-21)11(17)10(16)13(8)22-12-7(14(18,19)20)2-6(23(25)26)3-9(12)24(27)28/h1-3,22H. The number of benzene rings is 2. The molecule has 0 fully saturated rings. The minimum Gasteiger partial charge on any atom is -0.347 e. The SMILES string of the molecule is N#Cc1cc(Br)c(Nc2c([N+](=O)[O-])cc([N+](=O)[O-])cc2C(F)(F)F)c(Br)c1F. The van der Waals surface area contributed by atoms with Crippen LogP contribution < -0.4 is 5.32 Å². The molecular weight excluding hydrogens is 524 g/mol. The number of nitro benzene ring substituents is 2. The predicted octanol–water partition coefficient (Wildman–Crippen LogP) is 5.80. The van der Waals surface area contributed by atoms with Gasteiger partial charge in [-0.2, -0.15) is 18.4 Å². The van der Waals surface area contributed by atoms with Gasteiger partial charge in [0.1, 0.15) is 11.8 Å². The topological polar surface area (TPSA) is 122 Å². The summed E-state index contributed by atoms with van der Waals surface area (Å²) in [6, 6.07) is 2.95. The van der Waals surface area contributed by atoms with E-state index in [0.717, 1.165) is 6.07 Å². The lowest BCUT2D eigenvalue weighted by Crippen LogP contribution is -2.12. The second-order valence-corrected chi connectivity index (χ2v) is 6.69. The summed E-state index contributed by atoms with van der Waals surface area (Å²) in [4.78, 5) is 19.6. The highest BCUT2D eigenvalue weighted by Gasteiger charge is 2.40. The zero-order valence-electron chi connectivity index (χ0n) is 13.0. The minimum absolute atomic E-state index is 0.0851. The highest BCUT2D eigenvalue weighted by atomic mass is 79.9. The molecule has 0 aliphatic carbocycles. The van der Waals surface area contributed by atoms with Crippen LogP contribution in [-0.4, -0.2) is 9.85 Å². The first kappa shape index (κ1) is 21.5. The third kappa shape index (κ3) is 4.04. The Balaban J connectivity index is 2.83. The molecule has 0 spiro atoms. The van der Waals surface area contributed by atoms with E-state index >= 15 is 0 Å². The summed E-state index contributed by atoms with van der Waals surface area (Å²) in [5.41, 5.74) is -6.05. The van der Waals surface area contributed by atoms with E-state index in [0.29, 0.717) is 6.07 Å². The number of nitrogens with one attached hydrogen (secondary N) is 1. The van der Waals surface area contributed by atoms with Gasteiger partial charge in [-0.25, -0.2) is 4.39 Å². The van der Waals surface area contributed by atoms with E-state index in [-0.39, 0.29) is 16.2 Å². The van der Waals surface area contributed by atoms with Crippen molar-refractivity contribution >= 4 is 54.6 Å². The minimum atomic E-state index is -5.21. The number of hydrogen-bond donors (Lipinski definition) is 1. The van der Waals surface area contributed by atoms with Crippen molar-refractivity contribution < 1.29 is 27.4 Å². The fraction of sp³-hybridized carbons (Fsp3) is 0.0714. The van der Waals surface area contributed by atoms with E-state index in [1.165, 1.54) is 6.07 Å². The molecule has 0 amide bonds. The number of halogens is 6. The van der Waals surface area contributed by atoms with Crippen LogP contribution in [0.15, 0.2) is 27.1 Å². The van der Waals surface area contributed by atoms with Gasteiger partial charge >= 0.3 is 6.18 Å². The molecule has 14 heteroatoms. The highest BCUT2D eigenvalue weighted by molar-refractivity contribution is 9.11. The van der Waals surface area contributed by atoms with Crippen LogP contribution in [0.1, 0.15) is 11.1 Å². The molecule has 0 aliphatic heterocycles. The Hall–Kier alpha value is -2.79. The van der Waals surface area contributed by atoms with Crippen LogP contribution in [0, 0.1) is 37.4 Å². The average Bonchev–Trinajstić information content (AvgIpc) is 2.60. The van der Waals surface area contributed by atoms with Crippen molar-refractivity contribution in [1.29, 1.82) is 5.26 Å². The summed E-state index contributed by atoms with van der Waals surface area (Å²) in [6.45, 7) is 0. The number of nitro groups is 2. The number of nitrogens with zero attached hydrogens (tertiary/aromatic N) is 3. The van der Waals surface area contributed by atoms with Gasteiger partial charge in [-0.05, 0) is 37.9 Å². The highest BCUT2D eigenvalue weighted by Crippen LogP contribution is 2.46. The van der Waals surface area contributed by atoms with Crippen LogP contribution in [-0.2, 0) is 6.18 Å². The molecule has 2 rings (SSSR count). The summed E-state index contributed by atoms with van der Waals surface area (Å²) in [5, 5.41) is 33.0. The zero-order valence-corrected chi connectivity index (χ0v) is 16.1. The van der Waals surface area contributed by atoms with Gasteiger partial charge in [-0.3, -0.25) is 20.2 Å². The molecule has 0 aliphatic rings. The predicted molar refractivity (Wildman–Crippen MR) is 94.6 cm³/mol. The van der Waals surface area contributed by atoms with Crippen LogP contribution in [0.3, 0.4) is 0 Å². The van der Waals surface area contributed by atoms with E-state index < -0.39 is 54.5 Å². The molecule has 0 heterocycles. The molecule has 146 valence electrons. The van der Waals surface area contributed by atoms with Gasteiger partial charge < -0.3 is 5.32 Å². The maximum absolute atomic E-state index is 14.1. The molecule has 28 heavy (non-hydrogen) atoms. The first-order valence-corrected chi connectivity index (χ1v) is 8.35. The lowest BCUT2D eigenvalue weighted by Gasteiger charge is -2.17. The molecule has 0 atom stereocenters. The number of nitriles is 1. The zero-order chi connectivity index (χ0) is 21.4. The third-order valence-corrected chi connectivity index (χ3v) is 4.71. The fourth-order valence-electron chi connectivity index (χ4n) is 2.13. The van der Waals surface area contributed by atoms with Gasteiger partial charge in [0.15, 0.2) is 5.82 Å². The average molecular weight is 528 g/mol. The molecule has 0 unspecified atom stereocenters. The van der Waals surface area contributed by atoms with Crippen LogP contribution in [0.2, 0.25) is 0 Å². The smallest absolute Gasteiger partial charge is 0.347 e. The number of rotatable bonds is 4. The van der Waals surface area contributed by atoms with Gasteiger partial charge in [-0.15, -0.1) is 0 Å². The maximum atomic E-state index is 14.1. The summed E-state index contributed by atoms with van der Waals surface area (Å²) in [6.07, 6.45) is -5.21. The van der Waals surface area contributed by atoms with E-state index in [4.69, 9.17) is 5.26 Å². The third-order valence-electron chi connectivity index (χ3n) is 3.34. The van der Waals surface area contributed by atoms with Gasteiger partial charge in [0.2, 0.25) is 0 Å². The van der Waals surface area contributed by atoms with E-state index in [9.17, 15) is 37.8 Å². The molecule has 8 nitrogen and oxygen atoms in total. The van der Waals surface area contributed by atoms with Crippen molar-refractivity contribution in [1.82, 2.24) is 0 Å². The molecule has 0 saturated heterocycles. The van der Waals surface area contributed by atoms with Crippen molar-refractivity contribution in [3.05, 3.63) is 64.3 Å². The monoisotopic (exact) mass is 526 g/mol. The fourth-order valence-corrected chi connectivity index (χ4v) is 3.45. The van der Waals surface area contributed by atoms with Crippen LogP contribution in [0.5, 0.6) is 0 Å². The summed E-state index contributed by atoms with van der Waals surface area (Å²) < 4.78 is 53.8. The first-order chi connectivity index (χ1) is 12.9. The van der Waals surface area contributed by atoms with Gasteiger partial charge in [0.05, 0.1) is 37.2 Å². The second kappa shape index (κ2) is 7.68. The molecule has 0 radical (unpaired) electrons. The van der Waals surface area contributed by atoms with Gasteiger partial charge in [-0.1, -0.05) is 0 Å². The molecule has 2 aromatic carbocycles. The lowest BCUT2D eigenvalue weighted by molar-refractivity contribution is -0.394. The quantitative estimate of drug-likeness (QED) is 0.232. The van der Waals surface area contributed by atoms with Crippen molar-refractivity contribution in [2.24, 2.45) is 0 Å². The van der Waals surface area contributed by atoms with Crippen molar-refractivity contribution in [2.45, 2.75) is 6.18 Å². The van der Waals surface area contributed by atoms with Crippen molar-refractivity contribution in [3.8, 4) is 6.07 Å². The van der Waals surface area contributed by atoms with Crippen LogP contribution >= 0.6 is 31.9 Å². The van der Waals surface area contributed by atoms with Crippen LogP contribution in [0.25, 0.3) is 0 Å². The maximum Gasteiger partial charge on any atom is 0.418 e. The molecular formula is C14H4Br2F4N4O4. The number of alkyl halides is 3. The Bertz CT molecular complexity index is 1050. The van der Waals surface area contributed by atoms with E-state index in [1.807, 2.05) is 0 Å². The second-order valence-electron chi connectivity index (χ2n) is 5.05. The molecule has 0 aromatic heterocycles. The number of non-ortho nitro benzene ring substituents is 1. The Morgan fingerprint density at radius 2 is 1.68 bits per heavy atom. The Morgan fingerprint density at radius 1 is 1.07 bits per heavy atom. The van der Waals surface area contributed by atoms with Crippen LogP contribution in [0.4, 0.5) is 40.3 Å². The van der Waals surface area contributed by atoms with Gasteiger partial charge in [0, 0.05) is 10.5 Å². The Morgan fingerprint density at radius 3 is 2.14 bits per heavy atom. The number of hydrogen-bond acceptors (Lipinski definition) is 6. The molecule has 1 N–H and O–H groups in total. The Kier molecular flexibility index (Phi) is 5.90. The van der Waals surface area contributed by atoms with Gasteiger partial charge in [0.25, 0.3) is 11.4 Å². The first-order valence-electron chi connectivity index (χ1n) is 6.77. The van der Waals surface area contributed by atoms with Crippen molar-refractivity contribution in [2.75, 3.05) is 5.32 Å².